The Kier molecular flexibility index (Phi) is 9.49. The number of aliphatic carboxylic acids is 1. The molecule has 0 rings (SSSR count). The summed E-state index contributed by atoms with van der Waals surface area (Å²) < 4.78 is 4.70. The number of methoxy groups -OCH3 is 1. The van der Waals surface area contributed by atoms with Gasteiger partial charge in [0, 0.05) is 13.2 Å². The summed E-state index contributed by atoms with van der Waals surface area (Å²) in [4.78, 5) is 22.1. The zero-order chi connectivity index (χ0) is 14.0. The molecule has 106 valence electrons. The van der Waals surface area contributed by atoms with E-state index in [0.29, 0.717) is 0 Å². The smallest absolute Gasteiger partial charge is 0.334 e. The molecule has 7 heteroatoms. The van der Waals surface area contributed by atoms with Gasteiger partial charge in [0.05, 0.1) is 6.54 Å². The average Bonchev–Trinajstić information content (AvgIpc) is 2.29. The fourth-order valence-electron chi connectivity index (χ4n) is 1.21. The maximum absolute atomic E-state index is 11.5. The number of carboxylic acid groups (broad SMARTS) is 1. The Morgan fingerprint density at radius 2 is 2.11 bits per heavy atom. The van der Waals surface area contributed by atoms with Gasteiger partial charge in [0.2, 0.25) is 0 Å². The molecule has 0 aromatic rings. The molecule has 18 heavy (non-hydrogen) atoms. The predicted molar refractivity (Wildman–Crippen MR) is 72.0 cm³/mol. The normalized spacial score (nSPS) is 13.7. The monoisotopic (exact) mass is 278 g/mol. The first kappa shape index (κ1) is 17.1. The highest BCUT2D eigenvalue weighted by Crippen LogP contribution is 2.03. The van der Waals surface area contributed by atoms with Crippen LogP contribution in [0.15, 0.2) is 0 Å². The van der Waals surface area contributed by atoms with Gasteiger partial charge in [0.1, 0.15) is 0 Å². The third-order valence-corrected chi connectivity index (χ3v) is 3.22. The van der Waals surface area contributed by atoms with Crippen LogP contribution < -0.4 is 10.6 Å². The van der Waals surface area contributed by atoms with Crippen molar-refractivity contribution in [2.24, 2.45) is 0 Å². The number of carbonyl (C=O) groups is 2. The van der Waals surface area contributed by atoms with E-state index >= 15 is 0 Å². The second kappa shape index (κ2) is 10.0. The Balaban J connectivity index is 3.79. The molecule has 3 N–H and O–H groups in total. The number of thioether (sulfide) groups is 1. The van der Waals surface area contributed by atoms with Crippen LogP contribution >= 0.6 is 11.8 Å². The van der Waals surface area contributed by atoms with Crippen molar-refractivity contribution in [3.05, 3.63) is 0 Å². The highest BCUT2D eigenvalue weighted by atomic mass is 32.2. The van der Waals surface area contributed by atoms with Gasteiger partial charge in [-0.1, -0.05) is 6.92 Å². The predicted octanol–water partition coefficient (Wildman–Crippen LogP) is 0.917. The second-order valence-corrected chi connectivity index (χ2v) is 5.20. The highest BCUT2D eigenvalue weighted by Gasteiger charge is 2.17. The Morgan fingerprint density at radius 3 is 2.61 bits per heavy atom. The zero-order valence-corrected chi connectivity index (χ0v) is 11.9. The lowest BCUT2D eigenvalue weighted by Crippen LogP contribution is -2.45. The summed E-state index contributed by atoms with van der Waals surface area (Å²) in [6, 6.07) is -0.304. The maximum Gasteiger partial charge on any atom is 0.334 e. The van der Waals surface area contributed by atoms with E-state index in [4.69, 9.17) is 9.84 Å². The van der Waals surface area contributed by atoms with Crippen LogP contribution in [0.3, 0.4) is 0 Å². The summed E-state index contributed by atoms with van der Waals surface area (Å²) in [7, 11) is 1.29. The summed E-state index contributed by atoms with van der Waals surface area (Å²) in [5.41, 5.74) is 0. The van der Waals surface area contributed by atoms with Crippen molar-refractivity contribution in [3.8, 4) is 0 Å². The first-order valence-corrected chi connectivity index (χ1v) is 7.04. The van der Waals surface area contributed by atoms with Gasteiger partial charge in [-0.15, -0.1) is 0 Å². The molecule has 0 heterocycles. The molecule has 2 amide bonds. The van der Waals surface area contributed by atoms with Crippen molar-refractivity contribution in [1.29, 1.82) is 0 Å². The zero-order valence-electron chi connectivity index (χ0n) is 11.1. The molecule has 0 bridgehead atoms. The van der Waals surface area contributed by atoms with Gasteiger partial charge in [0.25, 0.3) is 0 Å². The van der Waals surface area contributed by atoms with Gasteiger partial charge in [-0.05, 0) is 24.9 Å². The van der Waals surface area contributed by atoms with Crippen molar-refractivity contribution >= 4 is 23.8 Å². The molecule has 2 atom stereocenters. The third-order valence-electron chi connectivity index (χ3n) is 2.28. The van der Waals surface area contributed by atoms with Gasteiger partial charge >= 0.3 is 12.0 Å². The molecular formula is C11H22N2O4S. The van der Waals surface area contributed by atoms with E-state index in [9.17, 15) is 9.59 Å². The van der Waals surface area contributed by atoms with Gasteiger partial charge in [-0.2, -0.15) is 11.8 Å². The maximum atomic E-state index is 11.5. The van der Waals surface area contributed by atoms with E-state index < -0.39 is 12.1 Å². The summed E-state index contributed by atoms with van der Waals surface area (Å²) in [5.74, 6) is 0.964. The number of hydrogen-bond acceptors (Lipinski definition) is 4. The first-order chi connectivity index (χ1) is 8.51. The number of nitrogens with one attached hydrogen (secondary N) is 2. The molecular weight excluding hydrogens is 256 g/mol. The molecule has 0 aliphatic rings. The summed E-state index contributed by atoms with van der Waals surface area (Å²) in [5, 5.41) is 13.9. The van der Waals surface area contributed by atoms with Crippen molar-refractivity contribution in [3.63, 3.8) is 0 Å². The molecule has 0 saturated carbocycles. The van der Waals surface area contributed by atoms with Crippen LogP contribution in [-0.2, 0) is 9.53 Å². The molecule has 0 spiro atoms. The van der Waals surface area contributed by atoms with Crippen LogP contribution in [0, 0.1) is 0 Å². The summed E-state index contributed by atoms with van der Waals surface area (Å²) >= 11 is 1.82. The van der Waals surface area contributed by atoms with Crippen molar-refractivity contribution in [2.75, 3.05) is 25.2 Å². The van der Waals surface area contributed by atoms with Gasteiger partial charge in [0.15, 0.2) is 6.10 Å². The third kappa shape index (κ3) is 8.19. The van der Waals surface area contributed by atoms with Crippen LogP contribution in [-0.4, -0.2) is 54.4 Å². The quantitative estimate of drug-likeness (QED) is 0.546. The van der Waals surface area contributed by atoms with E-state index in [0.717, 1.165) is 17.9 Å². The number of amides is 2. The Labute approximate surface area is 112 Å². The largest absolute Gasteiger partial charge is 0.479 e. The van der Waals surface area contributed by atoms with Crippen LogP contribution in [0.5, 0.6) is 0 Å². The van der Waals surface area contributed by atoms with E-state index in [1.165, 1.54) is 7.11 Å². The number of ether oxygens (including phenoxy) is 1. The Bertz CT molecular complexity index is 263. The molecule has 2 unspecified atom stereocenters. The second-order valence-electron chi connectivity index (χ2n) is 3.80. The van der Waals surface area contributed by atoms with E-state index in [1.807, 2.05) is 18.7 Å². The van der Waals surface area contributed by atoms with Gasteiger partial charge < -0.3 is 20.5 Å². The van der Waals surface area contributed by atoms with Gasteiger partial charge in [-0.25, -0.2) is 9.59 Å². The standard InChI is InChI=1S/C11H22N2O4S/c1-4-18-6-5-8(2)13-11(16)12-7-9(17-3)10(14)15/h8-9H,4-7H2,1-3H3,(H,14,15)(H2,12,13,16). The fraction of sp³-hybridized carbons (Fsp3) is 0.818. The minimum absolute atomic E-state index is 0.0475. The summed E-state index contributed by atoms with van der Waals surface area (Å²) in [6.45, 7) is 3.96. The fourth-order valence-corrected chi connectivity index (χ4v) is 2.02. The highest BCUT2D eigenvalue weighted by molar-refractivity contribution is 7.99. The Hall–Kier alpha value is -0.950. The van der Waals surface area contributed by atoms with Crippen molar-refractivity contribution in [2.45, 2.75) is 32.4 Å². The van der Waals surface area contributed by atoms with Crippen molar-refractivity contribution in [1.82, 2.24) is 10.6 Å². The molecule has 0 aromatic carbocycles. The summed E-state index contributed by atoms with van der Waals surface area (Å²) in [6.07, 6.45) is -0.125. The number of rotatable bonds is 9. The minimum atomic E-state index is -1.09. The van der Waals surface area contributed by atoms with Crippen LogP contribution in [0.25, 0.3) is 0 Å². The molecule has 6 nitrogen and oxygen atoms in total. The van der Waals surface area contributed by atoms with Crippen LogP contribution in [0.1, 0.15) is 20.3 Å². The van der Waals surface area contributed by atoms with E-state index in [2.05, 4.69) is 17.6 Å². The lowest BCUT2D eigenvalue weighted by Gasteiger charge is -2.16. The number of carbonyl (C=O) groups excluding carboxylic acids is 1. The SMILES string of the molecule is CCSCCC(C)NC(=O)NCC(OC)C(=O)O. The van der Waals surface area contributed by atoms with Crippen LogP contribution in [0.4, 0.5) is 4.79 Å². The average molecular weight is 278 g/mol. The topological polar surface area (TPSA) is 87.7 Å². The lowest BCUT2D eigenvalue weighted by atomic mass is 10.3. The van der Waals surface area contributed by atoms with Crippen LogP contribution in [0.2, 0.25) is 0 Å². The number of hydrogen-bond donors (Lipinski definition) is 3. The number of carboxylic acids is 1. The molecule has 0 aromatic heterocycles. The van der Waals surface area contributed by atoms with Crippen molar-refractivity contribution < 1.29 is 19.4 Å². The molecule has 0 radical (unpaired) electrons. The Morgan fingerprint density at radius 1 is 1.44 bits per heavy atom. The lowest BCUT2D eigenvalue weighted by molar-refractivity contribution is -0.147. The molecule has 0 saturated heterocycles. The van der Waals surface area contributed by atoms with Gasteiger partial charge in [-0.3, -0.25) is 0 Å². The molecule has 0 aliphatic carbocycles. The molecule has 0 fully saturated rings. The van der Waals surface area contributed by atoms with E-state index in [-0.39, 0.29) is 18.6 Å². The van der Waals surface area contributed by atoms with E-state index in [1.54, 1.807) is 0 Å². The first-order valence-electron chi connectivity index (χ1n) is 5.89. The minimum Gasteiger partial charge on any atom is -0.479 e. The molecule has 0 aliphatic heterocycles. The number of urea groups is 1.